The van der Waals surface area contributed by atoms with Crippen molar-refractivity contribution in [2.24, 2.45) is 0 Å². The largest absolute Gasteiger partial charge is 0.354 e. The van der Waals surface area contributed by atoms with Crippen molar-refractivity contribution in [1.29, 1.82) is 0 Å². The smallest absolute Gasteiger partial charge is 0.224 e. The molecule has 1 amide bonds. The van der Waals surface area contributed by atoms with E-state index in [9.17, 15) is 4.79 Å². The number of hydrogen-bond acceptors (Lipinski definition) is 2. The molecular formula is C18H20Cl2N2O. The maximum absolute atomic E-state index is 12.1. The van der Waals surface area contributed by atoms with Crippen LogP contribution in [0.15, 0.2) is 48.5 Å². The van der Waals surface area contributed by atoms with Gasteiger partial charge >= 0.3 is 0 Å². The van der Waals surface area contributed by atoms with Gasteiger partial charge in [-0.05, 0) is 35.7 Å². The van der Waals surface area contributed by atoms with Crippen LogP contribution in [0, 0.1) is 0 Å². The first-order chi connectivity index (χ1) is 10.7. The highest BCUT2D eigenvalue weighted by molar-refractivity contribution is 6.31. The zero-order valence-corrected chi connectivity index (χ0v) is 14.3. The molecule has 0 fully saturated rings. The minimum Gasteiger partial charge on any atom is -0.354 e. The molecular weight excluding hydrogens is 331 g/mol. The number of carbonyl (C=O) groups excluding carboxylic acids is 1. The van der Waals surface area contributed by atoms with Crippen LogP contribution in [0.5, 0.6) is 0 Å². The minimum atomic E-state index is -0.00189. The second-order valence-corrected chi connectivity index (χ2v) is 5.93. The normalized spacial score (nSPS) is 16.1. The van der Waals surface area contributed by atoms with Crippen LogP contribution >= 0.6 is 24.0 Å². The molecule has 3 rings (SSSR count). The molecule has 0 bridgehead atoms. The Bertz CT molecular complexity index is 676. The first-order valence-electron chi connectivity index (χ1n) is 7.55. The fourth-order valence-electron chi connectivity index (χ4n) is 2.87. The summed E-state index contributed by atoms with van der Waals surface area (Å²) in [4.78, 5) is 12.1. The van der Waals surface area contributed by atoms with Crippen molar-refractivity contribution in [3.8, 4) is 0 Å². The third kappa shape index (κ3) is 4.47. The van der Waals surface area contributed by atoms with Gasteiger partial charge in [-0.2, -0.15) is 0 Å². The molecule has 3 nitrogen and oxygen atoms in total. The Morgan fingerprint density at radius 1 is 1.17 bits per heavy atom. The van der Waals surface area contributed by atoms with Crippen molar-refractivity contribution < 1.29 is 4.79 Å². The average molecular weight is 351 g/mol. The van der Waals surface area contributed by atoms with Crippen molar-refractivity contribution in [3.05, 3.63) is 70.2 Å². The van der Waals surface area contributed by atoms with Gasteiger partial charge in [0, 0.05) is 17.6 Å². The topological polar surface area (TPSA) is 41.1 Å². The summed E-state index contributed by atoms with van der Waals surface area (Å²) in [7, 11) is 0. The predicted molar refractivity (Wildman–Crippen MR) is 96.3 cm³/mol. The van der Waals surface area contributed by atoms with E-state index in [4.69, 9.17) is 11.6 Å². The van der Waals surface area contributed by atoms with Gasteiger partial charge in [0.15, 0.2) is 0 Å². The summed E-state index contributed by atoms with van der Waals surface area (Å²) < 4.78 is 0. The van der Waals surface area contributed by atoms with E-state index in [1.54, 1.807) is 0 Å². The number of hydrogen-bond donors (Lipinski definition) is 2. The SMILES string of the molecule is Cl.O=C(Cc1ccccc1Cl)NCC1NCCc2ccccc21. The predicted octanol–water partition coefficient (Wildman–Crippen LogP) is 3.31. The molecule has 0 aliphatic carbocycles. The summed E-state index contributed by atoms with van der Waals surface area (Å²) >= 11 is 6.09. The zero-order valence-electron chi connectivity index (χ0n) is 12.7. The highest BCUT2D eigenvalue weighted by atomic mass is 35.5. The van der Waals surface area contributed by atoms with Gasteiger partial charge in [0.05, 0.1) is 6.42 Å². The monoisotopic (exact) mass is 350 g/mol. The Morgan fingerprint density at radius 3 is 2.74 bits per heavy atom. The summed E-state index contributed by atoms with van der Waals surface area (Å²) in [5.41, 5.74) is 3.51. The van der Waals surface area contributed by atoms with Gasteiger partial charge in [-0.15, -0.1) is 12.4 Å². The Balaban J connectivity index is 0.00000192. The molecule has 2 aromatic carbocycles. The van der Waals surface area contributed by atoms with Crippen LogP contribution in [-0.4, -0.2) is 19.0 Å². The van der Waals surface area contributed by atoms with Crippen LogP contribution < -0.4 is 10.6 Å². The summed E-state index contributed by atoms with van der Waals surface area (Å²) in [6.45, 7) is 1.54. The summed E-state index contributed by atoms with van der Waals surface area (Å²) in [6, 6.07) is 16.0. The fraction of sp³-hybridized carbons (Fsp3) is 0.278. The van der Waals surface area contributed by atoms with E-state index in [0.717, 1.165) is 18.5 Å². The molecule has 1 atom stereocenters. The molecule has 23 heavy (non-hydrogen) atoms. The third-order valence-corrected chi connectivity index (χ3v) is 4.40. The molecule has 0 saturated heterocycles. The molecule has 1 aliphatic rings. The van der Waals surface area contributed by atoms with Crippen molar-refractivity contribution >= 4 is 29.9 Å². The molecule has 0 radical (unpaired) electrons. The van der Waals surface area contributed by atoms with Crippen LogP contribution in [-0.2, 0) is 17.6 Å². The van der Waals surface area contributed by atoms with E-state index in [2.05, 4.69) is 28.8 Å². The summed E-state index contributed by atoms with van der Waals surface area (Å²) in [6.07, 6.45) is 1.36. The number of benzene rings is 2. The molecule has 0 spiro atoms. The van der Waals surface area contributed by atoms with Gasteiger partial charge in [0.1, 0.15) is 0 Å². The lowest BCUT2D eigenvalue weighted by molar-refractivity contribution is -0.120. The van der Waals surface area contributed by atoms with Crippen LogP contribution in [0.2, 0.25) is 5.02 Å². The summed E-state index contributed by atoms with van der Waals surface area (Å²) in [5, 5.41) is 7.11. The highest BCUT2D eigenvalue weighted by Gasteiger charge is 2.19. The Labute approximate surface area is 147 Å². The van der Waals surface area contributed by atoms with Gasteiger partial charge in [0.2, 0.25) is 5.91 Å². The maximum atomic E-state index is 12.1. The fourth-order valence-corrected chi connectivity index (χ4v) is 3.07. The number of nitrogens with one attached hydrogen (secondary N) is 2. The number of rotatable bonds is 4. The molecule has 1 heterocycles. The number of carbonyl (C=O) groups is 1. The lowest BCUT2D eigenvalue weighted by Gasteiger charge is -2.27. The van der Waals surface area contributed by atoms with Crippen LogP contribution in [0.1, 0.15) is 22.7 Å². The van der Waals surface area contributed by atoms with E-state index in [1.807, 2.05) is 30.3 Å². The van der Waals surface area contributed by atoms with Crippen LogP contribution in [0.25, 0.3) is 0 Å². The quantitative estimate of drug-likeness (QED) is 0.887. The standard InChI is InChI=1S/C18H19ClN2O.ClH/c19-16-8-4-2-6-14(16)11-18(22)21-12-17-15-7-3-1-5-13(15)9-10-20-17;/h1-8,17,20H,9-12H2,(H,21,22);1H. The molecule has 0 aromatic heterocycles. The van der Waals surface area contributed by atoms with Gasteiger partial charge in [-0.3, -0.25) is 4.79 Å². The lowest BCUT2D eigenvalue weighted by Crippen LogP contribution is -2.39. The van der Waals surface area contributed by atoms with E-state index in [-0.39, 0.29) is 24.4 Å². The Kier molecular flexibility index (Phi) is 6.46. The molecule has 2 N–H and O–H groups in total. The minimum absolute atomic E-state index is 0. The number of fused-ring (bicyclic) bond motifs is 1. The lowest BCUT2D eigenvalue weighted by atomic mass is 9.94. The second-order valence-electron chi connectivity index (χ2n) is 5.53. The summed E-state index contributed by atoms with van der Waals surface area (Å²) in [5.74, 6) is -0.00189. The van der Waals surface area contributed by atoms with E-state index in [0.29, 0.717) is 18.0 Å². The van der Waals surface area contributed by atoms with Gasteiger partial charge in [-0.1, -0.05) is 54.1 Å². The molecule has 122 valence electrons. The van der Waals surface area contributed by atoms with Gasteiger partial charge in [0.25, 0.3) is 0 Å². The average Bonchev–Trinajstić information content (AvgIpc) is 2.55. The molecule has 2 aromatic rings. The van der Waals surface area contributed by atoms with Crippen molar-refractivity contribution in [3.63, 3.8) is 0 Å². The van der Waals surface area contributed by atoms with Gasteiger partial charge < -0.3 is 10.6 Å². The van der Waals surface area contributed by atoms with Crippen LogP contribution in [0.3, 0.4) is 0 Å². The third-order valence-electron chi connectivity index (χ3n) is 4.03. The maximum Gasteiger partial charge on any atom is 0.224 e. The Morgan fingerprint density at radius 2 is 1.91 bits per heavy atom. The van der Waals surface area contributed by atoms with E-state index in [1.165, 1.54) is 11.1 Å². The Hall–Kier alpha value is -1.55. The second kappa shape index (κ2) is 8.34. The first-order valence-corrected chi connectivity index (χ1v) is 7.93. The van der Waals surface area contributed by atoms with E-state index >= 15 is 0 Å². The van der Waals surface area contributed by atoms with Crippen LogP contribution in [0.4, 0.5) is 0 Å². The molecule has 0 saturated carbocycles. The van der Waals surface area contributed by atoms with Crippen molar-refractivity contribution in [1.82, 2.24) is 10.6 Å². The molecule has 5 heteroatoms. The highest BCUT2D eigenvalue weighted by Crippen LogP contribution is 2.22. The first kappa shape index (κ1) is 17.8. The molecule has 1 aliphatic heterocycles. The zero-order chi connectivity index (χ0) is 15.4. The van der Waals surface area contributed by atoms with E-state index < -0.39 is 0 Å². The van der Waals surface area contributed by atoms with Crippen molar-refractivity contribution in [2.75, 3.05) is 13.1 Å². The number of amides is 1. The molecule has 1 unspecified atom stereocenters. The van der Waals surface area contributed by atoms with Gasteiger partial charge in [-0.25, -0.2) is 0 Å². The number of halogens is 2. The van der Waals surface area contributed by atoms with Crippen molar-refractivity contribution in [2.45, 2.75) is 18.9 Å².